The second kappa shape index (κ2) is 5.85. The summed E-state index contributed by atoms with van der Waals surface area (Å²) >= 11 is 0. The van der Waals surface area contributed by atoms with Gasteiger partial charge in [0.25, 0.3) is 0 Å². The van der Waals surface area contributed by atoms with E-state index < -0.39 is 0 Å². The molecule has 1 aliphatic rings. The molecule has 1 unspecified atom stereocenters. The Balaban J connectivity index is 2.53. The molecular weight excluding hydrogens is 212 g/mol. The topological polar surface area (TPSA) is 46.3 Å². The molecule has 0 aliphatic heterocycles. The summed E-state index contributed by atoms with van der Waals surface area (Å²) in [6.07, 6.45) is 5.55. The SMILES string of the molecule is CCC(CN)C(=O)N(C)C1CCC(C)(C)CC1. The molecule has 3 nitrogen and oxygen atoms in total. The van der Waals surface area contributed by atoms with Gasteiger partial charge in [0.2, 0.25) is 5.91 Å². The lowest BCUT2D eigenvalue weighted by Gasteiger charge is -2.39. The molecule has 1 aliphatic carbocycles. The number of amides is 1. The summed E-state index contributed by atoms with van der Waals surface area (Å²) in [5.41, 5.74) is 6.10. The average Bonchev–Trinajstić information content (AvgIpc) is 2.29. The van der Waals surface area contributed by atoms with Crippen molar-refractivity contribution in [2.45, 2.75) is 58.9 Å². The van der Waals surface area contributed by atoms with Gasteiger partial charge < -0.3 is 10.6 Å². The lowest BCUT2D eigenvalue weighted by molar-refractivity contribution is -0.137. The van der Waals surface area contributed by atoms with E-state index in [4.69, 9.17) is 5.73 Å². The average molecular weight is 240 g/mol. The Morgan fingerprint density at radius 1 is 1.41 bits per heavy atom. The van der Waals surface area contributed by atoms with Gasteiger partial charge in [0, 0.05) is 19.6 Å². The molecule has 1 saturated carbocycles. The normalized spacial score (nSPS) is 22.2. The zero-order valence-electron chi connectivity index (χ0n) is 11.8. The fraction of sp³-hybridized carbons (Fsp3) is 0.929. The Bertz CT molecular complexity index is 249. The third-order valence-corrected chi connectivity index (χ3v) is 4.33. The molecule has 17 heavy (non-hydrogen) atoms. The second-order valence-electron chi connectivity index (χ2n) is 6.19. The molecule has 0 aromatic heterocycles. The van der Waals surface area contributed by atoms with E-state index in [1.165, 1.54) is 12.8 Å². The predicted octanol–water partition coefficient (Wildman–Crippen LogP) is 2.40. The van der Waals surface area contributed by atoms with Gasteiger partial charge in [-0.3, -0.25) is 4.79 Å². The van der Waals surface area contributed by atoms with Crippen molar-refractivity contribution in [1.82, 2.24) is 4.90 Å². The highest BCUT2D eigenvalue weighted by atomic mass is 16.2. The Labute approximate surface area is 106 Å². The number of carbonyl (C=O) groups excluding carboxylic acids is 1. The molecule has 0 radical (unpaired) electrons. The number of carbonyl (C=O) groups is 1. The van der Waals surface area contributed by atoms with E-state index in [1.807, 2.05) is 18.9 Å². The quantitative estimate of drug-likeness (QED) is 0.820. The lowest BCUT2D eigenvalue weighted by Crippen LogP contribution is -2.44. The number of nitrogens with two attached hydrogens (primary N) is 1. The maximum Gasteiger partial charge on any atom is 0.226 e. The first-order chi connectivity index (χ1) is 7.91. The molecule has 1 rings (SSSR count). The molecule has 2 N–H and O–H groups in total. The first-order valence-corrected chi connectivity index (χ1v) is 6.88. The smallest absolute Gasteiger partial charge is 0.226 e. The van der Waals surface area contributed by atoms with Crippen LogP contribution in [-0.4, -0.2) is 30.4 Å². The summed E-state index contributed by atoms with van der Waals surface area (Å²) in [6.45, 7) is 7.14. The highest BCUT2D eigenvalue weighted by Gasteiger charge is 2.31. The van der Waals surface area contributed by atoms with Gasteiger partial charge in [-0.05, 0) is 37.5 Å². The Morgan fingerprint density at radius 3 is 2.35 bits per heavy atom. The van der Waals surface area contributed by atoms with Gasteiger partial charge in [-0.15, -0.1) is 0 Å². The van der Waals surface area contributed by atoms with Crippen LogP contribution < -0.4 is 5.73 Å². The minimum absolute atomic E-state index is 0.00920. The van der Waals surface area contributed by atoms with E-state index in [9.17, 15) is 4.79 Å². The number of nitrogens with zero attached hydrogens (tertiary/aromatic N) is 1. The minimum atomic E-state index is 0.00920. The van der Waals surface area contributed by atoms with E-state index in [-0.39, 0.29) is 11.8 Å². The van der Waals surface area contributed by atoms with E-state index in [1.54, 1.807) is 0 Å². The van der Waals surface area contributed by atoms with Crippen LogP contribution in [0.25, 0.3) is 0 Å². The molecule has 1 atom stereocenters. The molecule has 100 valence electrons. The maximum absolute atomic E-state index is 12.2. The van der Waals surface area contributed by atoms with Crippen LogP contribution in [0.4, 0.5) is 0 Å². The summed E-state index contributed by atoms with van der Waals surface area (Å²) in [7, 11) is 1.95. The molecular formula is C14H28N2O. The van der Waals surface area contributed by atoms with Crippen molar-refractivity contribution in [3.8, 4) is 0 Å². The molecule has 0 heterocycles. The Hall–Kier alpha value is -0.570. The summed E-state index contributed by atoms with van der Waals surface area (Å²) in [4.78, 5) is 14.2. The van der Waals surface area contributed by atoms with Crippen molar-refractivity contribution < 1.29 is 4.79 Å². The predicted molar refractivity (Wildman–Crippen MR) is 71.6 cm³/mol. The van der Waals surface area contributed by atoms with Crippen molar-refractivity contribution in [3.05, 3.63) is 0 Å². The standard InChI is InChI=1S/C14H28N2O/c1-5-11(10-15)13(17)16(4)12-6-8-14(2,3)9-7-12/h11-12H,5-10,15H2,1-4H3. The van der Waals surface area contributed by atoms with E-state index in [0.29, 0.717) is 18.0 Å². The van der Waals surface area contributed by atoms with Crippen molar-refractivity contribution in [3.63, 3.8) is 0 Å². The largest absolute Gasteiger partial charge is 0.342 e. The van der Waals surface area contributed by atoms with Crippen LogP contribution in [0, 0.1) is 11.3 Å². The van der Waals surface area contributed by atoms with Gasteiger partial charge in [0.05, 0.1) is 5.92 Å². The molecule has 1 fully saturated rings. The minimum Gasteiger partial charge on any atom is -0.342 e. The van der Waals surface area contributed by atoms with Gasteiger partial charge >= 0.3 is 0 Å². The first-order valence-electron chi connectivity index (χ1n) is 6.88. The van der Waals surface area contributed by atoms with Crippen LogP contribution in [0.2, 0.25) is 0 Å². The molecule has 3 heteroatoms. The van der Waals surface area contributed by atoms with Crippen LogP contribution in [0.3, 0.4) is 0 Å². The van der Waals surface area contributed by atoms with E-state index >= 15 is 0 Å². The Kier molecular flexibility index (Phi) is 4.99. The highest BCUT2D eigenvalue weighted by molar-refractivity contribution is 5.79. The lowest BCUT2D eigenvalue weighted by atomic mass is 9.75. The third kappa shape index (κ3) is 3.70. The summed E-state index contributed by atoms with van der Waals surface area (Å²) in [6, 6.07) is 0.427. The van der Waals surface area contributed by atoms with Crippen LogP contribution in [0.15, 0.2) is 0 Å². The number of hydrogen-bond acceptors (Lipinski definition) is 2. The first kappa shape index (κ1) is 14.5. The van der Waals surface area contributed by atoms with Gasteiger partial charge in [-0.25, -0.2) is 0 Å². The fourth-order valence-corrected chi connectivity index (χ4v) is 2.68. The fourth-order valence-electron chi connectivity index (χ4n) is 2.68. The van der Waals surface area contributed by atoms with Crippen molar-refractivity contribution in [1.29, 1.82) is 0 Å². The van der Waals surface area contributed by atoms with Crippen LogP contribution in [0.5, 0.6) is 0 Å². The third-order valence-electron chi connectivity index (χ3n) is 4.33. The second-order valence-corrected chi connectivity index (χ2v) is 6.19. The number of rotatable bonds is 4. The van der Waals surface area contributed by atoms with E-state index in [0.717, 1.165) is 19.3 Å². The summed E-state index contributed by atoms with van der Waals surface area (Å²) < 4.78 is 0. The molecule has 0 aromatic rings. The van der Waals surface area contributed by atoms with Crippen molar-refractivity contribution in [2.75, 3.05) is 13.6 Å². The number of hydrogen-bond donors (Lipinski definition) is 1. The van der Waals surface area contributed by atoms with Crippen LogP contribution in [0.1, 0.15) is 52.9 Å². The molecule has 0 bridgehead atoms. The maximum atomic E-state index is 12.2. The molecule has 0 saturated heterocycles. The summed E-state index contributed by atoms with van der Waals surface area (Å²) in [5, 5.41) is 0. The molecule has 0 aromatic carbocycles. The Morgan fingerprint density at radius 2 is 1.94 bits per heavy atom. The monoisotopic (exact) mass is 240 g/mol. The van der Waals surface area contributed by atoms with Gasteiger partial charge in [-0.2, -0.15) is 0 Å². The van der Waals surface area contributed by atoms with E-state index in [2.05, 4.69) is 13.8 Å². The molecule has 1 amide bonds. The van der Waals surface area contributed by atoms with Crippen LogP contribution >= 0.6 is 0 Å². The van der Waals surface area contributed by atoms with Gasteiger partial charge in [0.15, 0.2) is 0 Å². The van der Waals surface area contributed by atoms with Crippen molar-refractivity contribution >= 4 is 5.91 Å². The highest BCUT2D eigenvalue weighted by Crippen LogP contribution is 2.36. The van der Waals surface area contributed by atoms with Crippen molar-refractivity contribution in [2.24, 2.45) is 17.1 Å². The zero-order valence-corrected chi connectivity index (χ0v) is 11.8. The van der Waals surface area contributed by atoms with Gasteiger partial charge in [0.1, 0.15) is 0 Å². The molecule has 0 spiro atoms. The van der Waals surface area contributed by atoms with Gasteiger partial charge in [-0.1, -0.05) is 20.8 Å². The zero-order chi connectivity index (χ0) is 13.1. The van der Waals surface area contributed by atoms with Crippen LogP contribution in [-0.2, 0) is 4.79 Å². The summed E-state index contributed by atoms with van der Waals surface area (Å²) in [5.74, 6) is 0.245.